The third kappa shape index (κ3) is 3.09. The molecule has 1 aromatic rings. The lowest BCUT2D eigenvalue weighted by Gasteiger charge is -2.12. The van der Waals surface area contributed by atoms with E-state index in [2.05, 4.69) is 22.6 Å². The molecule has 0 saturated heterocycles. The molecule has 13 heavy (non-hydrogen) atoms. The van der Waals surface area contributed by atoms with Crippen LogP contribution in [0.4, 0.5) is 0 Å². The molecule has 2 nitrogen and oxygen atoms in total. The van der Waals surface area contributed by atoms with Crippen LogP contribution in [0.3, 0.4) is 0 Å². The minimum absolute atomic E-state index is 0.101. The quantitative estimate of drug-likeness (QED) is 0.871. The number of rotatable bonds is 3. The predicted octanol–water partition coefficient (Wildman–Crippen LogP) is 2.59. The first kappa shape index (κ1) is 11.2. The van der Waals surface area contributed by atoms with Crippen LogP contribution in [0.15, 0.2) is 18.2 Å². The fourth-order valence-electron chi connectivity index (χ4n) is 1.07. The van der Waals surface area contributed by atoms with Gasteiger partial charge in [0.1, 0.15) is 0 Å². The van der Waals surface area contributed by atoms with E-state index < -0.39 is 0 Å². The van der Waals surface area contributed by atoms with Crippen LogP contribution in [-0.4, -0.2) is 13.7 Å². The van der Waals surface area contributed by atoms with Gasteiger partial charge in [0.15, 0.2) is 0 Å². The SMILES string of the molecule is COC[C@H](N)c1cc(Cl)ccc1I. The smallest absolute Gasteiger partial charge is 0.0655 e. The Bertz CT molecular complexity index is 293. The summed E-state index contributed by atoms with van der Waals surface area (Å²) in [6.07, 6.45) is 0. The molecule has 0 radical (unpaired) electrons. The Labute approximate surface area is 96.5 Å². The largest absolute Gasteiger partial charge is 0.383 e. The standard InChI is InChI=1S/C9H11ClINO/c1-13-5-9(12)7-4-6(10)2-3-8(7)11/h2-4,9H,5,12H2,1H3/t9-/m0/s1. The molecule has 0 aliphatic carbocycles. The molecular weight excluding hydrogens is 300 g/mol. The number of methoxy groups -OCH3 is 1. The zero-order chi connectivity index (χ0) is 9.84. The van der Waals surface area contributed by atoms with E-state index in [1.165, 1.54) is 0 Å². The summed E-state index contributed by atoms with van der Waals surface area (Å²) in [5.41, 5.74) is 6.92. The average Bonchev–Trinajstić information content (AvgIpc) is 2.09. The molecule has 72 valence electrons. The fraction of sp³-hybridized carbons (Fsp3) is 0.333. The first-order chi connectivity index (χ1) is 6.15. The van der Waals surface area contributed by atoms with Gasteiger partial charge in [-0.3, -0.25) is 0 Å². The number of ether oxygens (including phenoxy) is 1. The summed E-state index contributed by atoms with van der Waals surface area (Å²) >= 11 is 8.10. The Morgan fingerprint density at radius 1 is 1.62 bits per heavy atom. The molecule has 0 spiro atoms. The van der Waals surface area contributed by atoms with Gasteiger partial charge in [0.2, 0.25) is 0 Å². The van der Waals surface area contributed by atoms with Crippen LogP contribution in [0.1, 0.15) is 11.6 Å². The second-order valence-corrected chi connectivity index (χ2v) is 4.33. The predicted molar refractivity (Wildman–Crippen MR) is 63.0 cm³/mol. The Morgan fingerprint density at radius 3 is 2.92 bits per heavy atom. The average molecular weight is 312 g/mol. The summed E-state index contributed by atoms with van der Waals surface area (Å²) < 4.78 is 6.10. The van der Waals surface area contributed by atoms with Crippen molar-refractivity contribution in [2.45, 2.75) is 6.04 Å². The minimum atomic E-state index is -0.101. The van der Waals surface area contributed by atoms with Gasteiger partial charge in [0, 0.05) is 15.7 Å². The van der Waals surface area contributed by atoms with E-state index in [0.717, 1.165) is 9.13 Å². The van der Waals surface area contributed by atoms with Crippen molar-refractivity contribution in [2.24, 2.45) is 5.73 Å². The normalized spacial score (nSPS) is 12.9. The van der Waals surface area contributed by atoms with Gasteiger partial charge >= 0.3 is 0 Å². The number of benzene rings is 1. The molecule has 1 atom stereocenters. The lowest BCUT2D eigenvalue weighted by molar-refractivity contribution is 0.180. The highest BCUT2D eigenvalue weighted by molar-refractivity contribution is 14.1. The fourth-order valence-corrected chi connectivity index (χ4v) is 1.98. The van der Waals surface area contributed by atoms with Crippen LogP contribution in [0, 0.1) is 3.57 Å². The number of halogens is 2. The Kier molecular flexibility index (Phi) is 4.45. The van der Waals surface area contributed by atoms with Gasteiger partial charge in [-0.25, -0.2) is 0 Å². The van der Waals surface area contributed by atoms with Crippen LogP contribution in [0.2, 0.25) is 5.02 Å². The molecule has 2 N–H and O–H groups in total. The van der Waals surface area contributed by atoms with E-state index in [-0.39, 0.29) is 6.04 Å². The van der Waals surface area contributed by atoms with E-state index >= 15 is 0 Å². The van der Waals surface area contributed by atoms with Crippen molar-refractivity contribution in [3.8, 4) is 0 Å². The maximum atomic E-state index is 5.89. The second kappa shape index (κ2) is 5.14. The highest BCUT2D eigenvalue weighted by Gasteiger charge is 2.09. The highest BCUT2D eigenvalue weighted by Crippen LogP contribution is 2.22. The first-order valence-electron chi connectivity index (χ1n) is 3.84. The Hall–Kier alpha value is 0.160. The van der Waals surface area contributed by atoms with Crippen molar-refractivity contribution in [3.63, 3.8) is 0 Å². The van der Waals surface area contributed by atoms with Crippen molar-refractivity contribution >= 4 is 34.2 Å². The van der Waals surface area contributed by atoms with Crippen LogP contribution >= 0.6 is 34.2 Å². The zero-order valence-electron chi connectivity index (χ0n) is 7.26. The van der Waals surface area contributed by atoms with Crippen LogP contribution < -0.4 is 5.73 Å². The molecule has 0 amide bonds. The maximum absolute atomic E-state index is 5.89. The van der Waals surface area contributed by atoms with Crippen molar-refractivity contribution in [1.29, 1.82) is 0 Å². The summed E-state index contributed by atoms with van der Waals surface area (Å²) in [5, 5.41) is 0.710. The highest BCUT2D eigenvalue weighted by atomic mass is 127. The van der Waals surface area contributed by atoms with E-state index in [9.17, 15) is 0 Å². The number of nitrogens with two attached hydrogens (primary N) is 1. The van der Waals surface area contributed by atoms with Crippen LogP contribution in [0.25, 0.3) is 0 Å². The lowest BCUT2D eigenvalue weighted by Crippen LogP contribution is -2.17. The summed E-state index contributed by atoms with van der Waals surface area (Å²) in [6.45, 7) is 0.510. The van der Waals surface area contributed by atoms with Crippen molar-refractivity contribution in [2.75, 3.05) is 13.7 Å². The van der Waals surface area contributed by atoms with E-state index in [1.807, 2.05) is 18.2 Å². The molecule has 0 unspecified atom stereocenters. The second-order valence-electron chi connectivity index (χ2n) is 2.73. The van der Waals surface area contributed by atoms with Crippen LogP contribution in [-0.2, 0) is 4.74 Å². The van der Waals surface area contributed by atoms with Gasteiger partial charge in [0.05, 0.1) is 12.6 Å². The zero-order valence-corrected chi connectivity index (χ0v) is 10.2. The van der Waals surface area contributed by atoms with Gasteiger partial charge in [-0.15, -0.1) is 0 Å². The van der Waals surface area contributed by atoms with Gasteiger partial charge in [-0.2, -0.15) is 0 Å². The molecule has 0 heterocycles. The van der Waals surface area contributed by atoms with Gasteiger partial charge in [-0.05, 0) is 46.4 Å². The van der Waals surface area contributed by atoms with Crippen molar-refractivity contribution in [1.82, 2.24) is 0 Å². The van der Waals surface area contributed by atoms with Crippen molar-refractivity contribution in [3.05, 3.63) is 32.4 Å². The van der Waals surface area contributed by atoms with E-state index in [4.69, 9.17) is 22.1 Å². The third-order valence-electron chi connectivity index (χ3n) is 1.70. The molecule has 1 rings (SSSR count). The van der Waals surface area contributed by atoms with E-state index in [1.54, 1.807) is 7.11 Å². The van der Waals surface area contributed by atoms with Crippen molar-refractivity contribution < 1.29 is 4.74 Å². The maximum Gasteiger partial charge on any atom is 0.0655 e. The minimum Gasteiger partial charge on any atom is -0.383 e. The molecule has 0 saturated carbocycles. The summed E-state index contributed by atoms with van der Waals surface area (Å²) in [4.78, 5) is 0. The summed E-state index contributed by atoms with van der Waals surface area (Å²) in [7, 11) is 1.64. The topological polar surface area (TPSA) is 35.2 Å². The molecule has 0 bridgehead atoms. The summed E-state index contributed by atoms with van der Waals surface area (Å²) in [5.74, 6) is 0. The number of hydrogen-bond acceptors (Lipinski definition) is 2. The van der Waals surface area contributed by atoms with E-state index in [0.29, 0.717) is 11.6 Å². The molecular formula is C9H11ClINO. The molecule has 0 fully saturated rings. The third-order valence-corrected chi connectivity index (χ3v) is 2.92. The number of hydrogen-bond donors (Lipinski definition) is 1. The Balaban J connectivity index is 2.91. The van der Waals surface area contributed by atoms with Gasteiger partial charge in [-0.1, -0.05) is 11.6 Å². The first-order valence-corrected chi connectivity index (χ1v) is 5.30. The molecule has 1 aromatic carbocycles. The molecule has 0 aliphatic heterocycles. The molecule has 0 aliphatic rings. The lowest BCUT2D eigenvalue weighted by atomic mass is 10.1. The Morgan fingerprint density at radius 2 is 2.31 bits per heavy atom. The monoisotopic (exact) mass is 311 g/mol. The van der Waals surface area contributed by atoms with Gasteiger partial charge in [0.25, 0.3) is 0 Å². The van der Waals surface area contributed by atoms with Crippen LogP contribution in [0.5, 0.6) is 0 Å². The molecule has 0 aromatic heterocycles. The molecule has 4 heteroatoms. The summed E-state index contributed by atoms with van der Waals surface area (Å²) in [6, 6.07) is 5.59. The van der Waals surface area contributed by atoms with Gasteiger partial charge < -0.3 is 10.5 Å².